The van der Waals surface area contributed by atoms with Crippen LogP contribution in [0.1, 0.15) is 38.7 Å². The Morgan fingerprint density at radius 2 is 2.15 bits per heavy atom. The molecule has 0 bridgehead atoms. The minimum atomic E-state index is -0.0112. The molecule has 3 heteroatoms. The third kappa shape index (κ3) is 4.30. The molecule has 112 valence electrons. The Kier molecular flexibility index (Phi) is 5.58. The summed E-state index contributed by atoms with van der Waals surface area (Å²) in [6, 6.07) is 10.9. The van der Waals surface area contributed by atoms with Crippen LogP contribution in [0.25, 0.3) is 0 Å². The van der Waals surface area contributed by atoms with Crippen molar-refractivity contribution in [3.05, 3.63) is 35.9 Å². The van der Waals surface area contributed by atoms with Gasteiger partial charge < -0.3 is 15.2 Å². The Balaban J connectivity index is 1.89. The van der Waals surface area contributed by atoms with Gasteiger partial charge in [0.15, 0.2) is 0 Å². The normalized spacial score (nSPS) is 28.2. The van der Waals surface area contributed by atoms with Crippen molar-refractivity contribution in [1.29, 1.82) is 0 Å². The average molecular weight is 277 g/mol. The van der Waals surface area contributed by atoms with Crippen molar-refractivity contribution in [1.82, 2.24) is 5.32 Å². The summed E-state index contributed by atoms with van der Waals surface area (Å²) in [5.74, 6) is 0. The number of hydrogen-bond acceptors (Lipinski definition) is 3. The highest BCUT2D eigenvalue weighted by Gasteiger charge is 2.32. The summed E-state index contributed by atoms with van der Waals surface area (Å²) in [5, 5.41) is 13.2. The molecule has 0 saturated carbocycles. The van der Waals surface area contributed by atoms with Crippen molar-refractivity contribution in [3.8, 4) is 0 Å². The van der Waals surface area contributed by atoms with Crippen molar-refractivity contribution >= 4 is 0 Å². The number of hydrogen-bond donors (Lipinski definition) is 2. The third-order valence-electron chi connectivity index (χ3n) is 4.36. The van der Waals surface area contributed by atoms with Crippen LogP contribution in [0.15, 0.2) is 30.3 Å². The maximum atomic E-state index is 9.61. The summed E-state index contributed by atoms with van der Waals surface area (Å²) in [7, 11) is 0. The number of benzene rings is 1. The molecule has 0 radical (unpaired) electrons. The van der Waals surface area contributed by atoms with E-state index in [4.69, 9.17) is 4.74 Å². The van der Waals surface area contributed by atoms with Crippen LogP contribution in [0.2, 0.25) is 0 Å². The van der Waals surface area contributed by atoms with Crippen LogP contribution >= 0.6 is 0 Å². The first-order valence-electron chi connectivity index (χ1n) is 7.70. The van der Waals surface area contributed by atoms with Gasteiger partial charge in [-0.1, -0.05) is 37.3 Å². The van der Waals surface area contributed by atoms with Crippen LogP contribution in [-0.4, -0.2) is 36.0 Å². The monoisotopic (exact) mass is 277 g/mol. The molecule has 2 unspecified atom stereocenters. The van der Waals surface area contributed by atoms with Crippen molar-refractivity contribution in [2.75, 3.05) is 13.2 Å². The van der Waals surface area contributed by atoms with Gasteiger partial charge in [0, 0.05) is 18.7 Å². The average Bonchev–Trinajstić information content (AvgIpc) is 2.48. The van der Waals surface area contributed by atoms with Crippen molar-refractivity contribution < 1.29 is 9.84 Å². The predicted octanol–water partition coefficient (Wildman–Crippen LogP) is 2.53. The van der Waals surface area contributed by atoms with Crippen LogP contribution in [0, 0.1) is 0 Å². The zero-order chi connectivity index (χ0) is 14.4. The molecule has 1 aromatic rings. The van der Waals surface area contributed by atoms with Gasteiger partial charge in [-0.05, 0) is 38.2 Å². The molecule has 3 nitrogen and oxygen atoms in total. The lowest BCUT2D eigenvalue weighted by Crippen LogP contribution is -2.49. The molecule has 1 aromatic carbocycles. The van der Waals surface area contributed by atoms with E-state index in [-0.39, 0.29) is 18.2 Å². The second-order valence-electron chi connectivity index (χ2n) is 6.08. The van der Waals surface area contributed by atoms with Gasteiger partial charge >= 0.3 is 0 Å². The minimum absolute atomic E-state index is 0.0112. The number of ether oxygens (including phenoxy) is 1. The van der Waals surface area contributed by atoms with Gasteiger partial charge in [0.25, 0.3) is 0 Å². The standard InChI is InChI=1S/C17H27NO2/c1-3-17(2)12-15(9-10-20-17)18-16(13-19)11-14-7-5-4-6-8-14/h4-8,15-16,18-19H,3,9-13H2,1-2H3/t15?,16-,17?/m1/s1. The van der Waals surface area contributed by atoms with Gasteiger partial charge in [0.05, 0.1) is 12.2 Å². The Labute approximate surface area is 122 Å². The Hall–Kier alpha value is -0.900. The fourth-order valence-corrected chi connectivity index (χ4v) is 2.93. The van der Waals surface area contributed by atoms with E-state index in [1.807, 2.05) is 18.2 Å². The molecule has 1 aliphatic rings. The van der Waals surface area contributed by atoms with Gasteiger partial charge in [-0.25, -0.2) is 0 Å². The lowest BCUT2D eigenvalue weighted by molar-refractivity contribution is -0.0796. The second kappa shape index (κ2) is 7.21. The van der Waals surface area contributed by atoms with E-state index in [0.29, 0.717) is 6.04 Å². The summed E-state index contributed by atoms with van der Waals surface area (Å²) in [5.41, 5.74) is 1.26. The van der Waals surface area contributed by atoms with E-state index < -0.39 is 0 Å². The largest absolute Gasteiger partial charge is 0.395 e. The molecular formula is C17H27NO2. The quantitative estimate of drug-likeness (QED) is 0.839. The van der Waals surface area contributed by atoms with Gasteiger partial charge in [-0.3, -0.25) is 0 Å². The van der Waals surface area contributed by atoms with Crippen molar-refractivity contribution in [3.63, 3.8) is 0 Å². The molecule has 1 aliphatic heterocycles. The van der Waals surface area contributed by atoms with Crippen LogP contribution in [0.5, 0.6) is 0 Å². The van der Waals surface area contributed by atoms with Gasteiger partial charge in [0.2, 0.25) is 0 Å². The van der Waals surface area contributed by atoms with Gasteiger partial charge in [-0.15, -0.1) is 0 Å². The Bertz CT molecular complexity index is 395. The molecule has 0 spiro atoms. The van der Waals surface area contributed by atoms with E-state index in [2.05, 4.69) is 31.3 Å². The summed E-state index contributed by atoms with van der Waals surface area (Å²) >= 11 is 0. The minimum Gasteiger partial charge on any atom is -0.395 e. The van der Waals surface area contributed by atoms with E-state index in [1.54, 1.807) is 0 Å². The zero-order valence-electron chi connectivity index (χ0n) is 12.6. The first kappa shape index (κ1) is 15.5. The molecular weight excluding hydrogens is 250 g/mol. The summed E-state index contributed by atoms with van der Waals surface area (Å²) in [6.07, 6.45) is 3.96. The van der Waals surface area contributed by atoms with Crippen molar-refractivity contribution in [2.24, 2.45) is 0 Å². The number of aliphatic hydroxyl groups excluding tert-OH is 1. The zero-order valence-corrected chi connectivity index (χ0v) is 12.6. The van der Waals surface area contributed by atoms with Crippen LogP contribution in [0.3, 0.4) is 0 Å². The maximum absolute atomic E-state index is 9.61. The number of rotatable bonds is 6. The molecule has 1 saturated heterocycles. The predicted molar refractivity (Wildman–Crippen MR) is 81.8 cm³/mol. The Morgan fingerprint density at radius 3 is 2.80 bits per heavy atom. The van der Waals surface area contributed by atoms with Crippen molar-refractivity contribution in [2.45, 2.75) is 57.2 Å². The number of nitrogens with one attached hydrogen (secondary N) is 1. The SMILES string of the molecule is CCC1(C)CC(N[C@@H](CO)Cc2ccccc2)CCO1. The lowest BCUT2D eigenvalue weighted by atomic mass is 9.89. The van der Waals surface area contributed by atoms with E-state index in [0.717, 1.165) is 32.3 Å². The maximum Gasteiger partial charge on any atom is 0.0666 e. The second-order valence-corrected chi connectivity index (χ2v) is 6.08. The van der Waals surface area contributed by atoms with Gasteiger partial charge in [0.1, 0.15) is 0 Å². The topological polar surface area (TPSA) is 41.5 Å². The van der Waals surface area contributed by atoms with Crippen LogP contribution < -0.4 is 5.32 Å². The first-order valence-corrected chi connectivity index (χ1v) is 7.70. The highest BCUT2D eigenvalue weighted by atomic mass is 16.5. The third-order valence-corrected chi connectivity index (χ3v) is 4.36. The van der Waals surface area contributed by atoms with Crippen LogP contribution in [-0.2, 0) is 11.2 Å². The lowest BCUT2D eigenvalue weighted by Gasteiger charge is -2.39. The fourth-order valence-electron chi connectivity index (χ4n) is 2.93. The first-order chi connectivity index (χ1) is 9.65. The van der Waals surface area contributed by atoms with Crippen LogP contribution in [0.4, 0.5) is 0 Å². The molecule has 20 heavy (non-hydrogen) atoms. The van der Waals surface area contributed by atoms with Gasteiger partial charge in [-0.2, -0.15) is 0 Å². The Morgan fingerprint density at radius 1 is 1.40 bits per heavy atom. The molecule has 1 fully saturated rings. The highest BCUT2D eigenvalue weighted by Crippen LogP contribution is 2.28. The molecule has 0 aromatic heterocycles. The van der Waals surface area contributed by atoms with E-state index >= 15 is 0 Å². The number of aliphatic hydroxyl groups is 1. The molecule has 0 aliphatic carbocycles. The van der Waals surface area contributed by atoms with E-state index in [9.17, 15) is 5.11 Å². The summed E-state index contributed by atoms with van der Waals surface area (Å²) in [6.45, 7) is 5.35. The summed E-state index contributed by atoms with van der Waals surface area (Å²) < 4.78 is 5.88. The molecule has 2 N–H and O–H groups in total. The summed E-state index contributed by atoms with van der Waals surface area (Å²) in [4.78, 5) is 0. The highest BCUT2D eigenvalue weighted by molar-refractivity contribution is 5.16. The molecule has 0 amide bonds. The molecule has 1 heterocycles. The smallest absolute Gasteiger partial charge is 0.0666 e. The molecule has 3 atom stereocenters. The van der Waals surface area contributed by atoms with E-state index in [1.165, 1.54) is 5.56 Å². The molecule has 2 rings (SSSR count). The fraction of sp³-hybridized carbons (Fsp3) is 0.647.